The highest BCUT2D eigenvalue weighted by Gasteiger charge is 2.52. The van der Waals surface area contributed by atoms with Gasteiger partial charge in [0.1, 0.15) is 4.34 Å². The fourth-order valence-electron chi connectivity index (χ4n) is 1.43. The molecule has 2 heterocycles. The van der Waals surface area contributed by atoms with Gasteiger partial charge in [0.05, 0.1) is 16.0 Å². The first kappa shape index (κ1) is 12.4. The molecule has 2 rings (SSSR count). The van der Waals surface area contributed by atoms with Crippen molar-refractivity contribution in [3.63, 3.8) is 0 Å². The van der Waals surface area contributed by atoms with Gasteiger partial charge in [-0.05, 0) is 34.0 Å². The van der Waals surface area contributed by atoms with Gasteiger partial charge >= 0.3 is 7.12 Å². The first-order valence-corrected chi connectivity index (χ1v) is 7.25. The first-order chi connectivity index (χ1) is 7.36. The van der Waals surface area contributed by atoms with Crippen molar-refractivity contribution in [2.45, 2.75) is 43.2 Å². The molecular formula is C10H16BNO2S2. The van der Waals surface area contributed by atoms with Gasteiger partial charge in [0, 0.05) is 6.20 Å². The third-order valence-electron chi connectivity index (χ3n) is 3.16. The molecule has 1 aliphatic heterocycles. The summed E-state index contributed by atoms with van der Waals surface area (Å²) >= 11 is 3.28. The summed E-state index contributed by atoms with van der Waals surface area (Å²) in [5.74, 6) is 0. The number of aromatic nitrogens is 1. The fraction of sp³-hybridized carbons (Fsp3) is 0.700. The van der Waals surface area contributed by atoms with Gasteiger partial charge in [-0.2, -0.15) is 0 Å². The zero-order valence-electron chi connectivity index (χ0n) is 10.2. The van der Waals surface area contributed by atoms with E-state index in [1.807, 2.05) is 12.5 Å². The number of thiazole rings is 1. The van der Waals surface area contributed by atoms with Crippen molar-refractivity contribution in [2.75, 3.05) is 6.26 Å². The molecule has 0 radical (unpaired) electrons. The van der Waals surface area contributed by atoms with E-state index in [-0.39, 0.29) is 18.3 Å². The van der Waals surface area contributed by atoms with Crippen LogP contribution in [0.4, 0.5) is 0 Å². The largest absolute Gasteiger partial charge is 0.507 e. The van der Waals surface area contributed by atoms with E-state index in [1.54, 1.807) is 23.1 Å². The molecule has 1 aliphatic rings. The molecule has 1 aromatic heterocycles. The summed E-state index contributed by atoms with van der Waals surface area (Å²) < 4.78 is 14.0. The smallest absolute Gasteiger partial charge is 0.399 e. The third kappa shape index (κ3) is 2.03. The second-order valence-electron chi connectivity index (χ2n) is 4.82. The Morgan fingerprint density at radius 2 is 1.81 bits per heavy atom. The maximum Gasteiger partial charge on any atom is 0.507 e. The highest BCUT2D eigenvalue weighted by Crippen LogP contribution is 2.37. The van der Waals surface area contributed by atoms with E-state index in [0.29, 0.717) is 0 Å². The Morgan fingerprint density at radius 1 is 1.25 bits per heavy atom. The Kier molecular flexibility index (Phi) is 3.12. The van der Waals surface area contributed by atoms with Gasteiger partial charge in [0.25, 0.3) is 0 Å². The fourth-order valence-corrected chi connectivity index (χ4v) is 2.82. The van der Waals surface area contributed by atoms with Crippen LogP contribution in [-0.2, 0) is 9.31 Å². The summed E-state index contributed by atoms with van der Waals surface area (Å²) in [5, 5.41) is 0. The molecule has 0 atom stereocenters. The molecule has 6 heteroatoms. The van der Waals surface area contributed by atoms with E-state index >= 15 is 0 Å². The molecule has 1 aromatic rings. The quantitative estimate of drug-likeness (QED) is 0.600. The molecule has 1 fully saturated rings. The number of rotatable bonds is 2. The van der Waals surface area contributed by atoms with E-state index in [4.69, 9.17) is 9.31 Å². The molecule has 0 bridgehead atoms. The van der Waals surface area contributed by atoms with E-state index < -0.39 is 0 Å². The summed E-state index contributed by atoms with van der Waals surface area (Å²) in [6, 6.07) is 0. The molecule has 0 spiro atoms. The maximum atomic E-state index is 5.95. The van der Waals surface area contributed by atoms with Crippen molar-refractivity contribution in [2.24, 2.45) is 0 Å². The van der Waals surface area contributed by atoms with E-state index in [2.05, 4.69) is 32.7 Å². The predicted octanol–water partition coefficient (Wildman–Crippen LogP) is 2.16. The van der Waals surface area contributed by atoms with E-state index in [0.717, 1.165) is 9.12 Å². The molecule has 0 unspecified atom stereocenters. The topological polar surface area (TPSA) is 31.4 Å². The molecule has 16 heavy (non-hydrogen) atoms. The van der Waals surface area contributed by atoms with Crippen LogP contribution in [0.25, 0.3) is 0 Å². The molecule has 0 N–H and O–H groups in total. The van der Waals surface area contributed by atoms with Crippen molar-refractivity contribution < 1.29 is 9.31 Å². The van der Waals surface area contributed by atoms with Gasteiger partial charge in [0.2, 0.25) is 0 Å². The van der Waals surface area contributed by atoms with Gasteiger partial charge in [-0.15, -0.1) is 11.3 Å². The molecule has 88 valence electrons. The number of hydrogen-bond donors (Lipinski definition) is 0. The van der Waals surface area contributed by atoms with E-state index in [9.17, 15) is 0 Å². The minimum atomic E-state index is -0.277. The van der Waals surface area contributed by atoms with Crippen molar-refractivity contribution in [3.8, 4) is 0 Å². The van der Waals surface area contributed by atoms with Gasteiger partial charge in [-0.1, -0.05) is 11.8 Å². The predicted molar refractivity (Wildman–Crippen MR) is 69.6 cm³/mol. The Hall–Kier alpha value is -0.0351. The van der Waals surface area contributed by atoms with Crippen LogP contribution < -0.4 is 4.78 Å². The lowest BCUT2D eigenvalue weighted by Crippen LogP contribution is -2.41. The summed E-state index contributed by atoms with van der Waals surface area (Å²) in [7, 11) is -0.275. The van der Waals surface area contributed by atoms with Crippen LogP contribution in [0.3, 0.4) is 0 Å². The summed E-state index contributed by atoms with van der Waals surface area (Å²) in [6.45, 7) is 8.24. The van der Waals surface area contributed by atoms with E-state index in [1.165, 1.54) is 0 Å². The molecule has 0 amide bonds. The lowest BCUT2D eigenvalue weighted by molar-refractivity contribution is 0.00578. The number of hydrogen-bond acceptors (Lipinski definition) is 5. The number of nitrogens with zero attached hydrogens (tertiary/aromatic N) is 1. The average Bonchev–Trinajstić information content (AvgIpc) is 2.70. The summed E-state index contributed by atoms with van der Waals surface area (Å²) in [5.41, 5.74) is -0.553. The molecule has 0 aliphatic carbocycles. The van der Waals surface area contributed by atoms with Gasteiger partial charge < -0.3 is 9.31 Å². The van der Waals surface area contributed by atoms with Crippen molar-refractivity contribution in [3.05, 3.63) is 6.20 Å². The molecule has 0 aromatic carbocycles. The lowest BCUT2D eigenvalue weighted by atomic mass is 9.89. The second kappa shape index (κ2) is 4.01. The van der Waals surface area contributed by atoms with Crippen LogP contribution >= 0.6 is 23.1 Å². The zero-order valence-corrected chi connectivity index (χ0v) is 11.9. The lowest BCUT2D eigenvalue weighted by Gasteiger charge is -2.32. The summed E-state index contributed by atoms with van der Waals surface area (Å²) in [4.78, 5) is 4.30. The van der Waals surface area contributed by atoms with Crippen molar-refractivity contribution in [1.29, 1.82) is 0 Å². The van der Waals surface area contributed by atoms with Gasteiger partial charge in [0.15, 0.2) is 0 Å². The summed E-state index contributed by atoms with van der Waals surface area (Å²) in [6.07, 6.45) is 3.87. The SMILES string of the molecule is CSc1ncc(B2OC(C)(C)C(C)(C)O2)s1. The van der Waals surface area contributed by atoms with Crippen LogP contribution in [0.5, 0.6) is 0 Å². The van der Waals surface area contributed by atoms with Crippen molar-refractivity contribution in [1.82, 2.24) is 4.98 Å². The maximum absolute atomic E-state index is 5.95. The Bertz CT molecular complexity index is 376. The van der Waals surface area contributed by atoms with Gasteiger partial charge in [-0.25, -0.2) is 4.98 Å². The Labute approximate surface area is 105 Å². The Morgan fingerprint density at radius 3 is 2.25 bits per heavy atom. The van der Waals surface area contributed by atoms with Crippen LogP contribution in [0, 0.1) is 0 Å². The monoisotopic (exact) mass is 257 g/mol. The highest BCUT2D eigenvalue weighted by molar-refractivity contribution is 8.00. The van der Waals surface area contributed by atoms with Crippen LogP contribution in [-0.4, -0.2) is 29.6 Å². The normalized spacial score (nSPS) is 22.7. The molecule has 1 saturated heterocycles. The number of thioether (sulfide) groups is 1. The zero-order chi connectivity index (χ0) is 12.0. The van der Waals surface area contributed by atoms with Crippen LogP contribution in [0.1, 0.15) is 27.7 Å². The first-order valence-electron chi connectivity index (χ1n) is 5.21. The minimum Gasteiger partial charge on any atom is -0.399 e. The minimum absolute atomic E-state index is 0.275. The second-order valence-corrected chi connectivity index (χ2v) is 6.94. The van der Waals surface area contributed by atoms with Crippen molar-refractivity contribution >= 4 is 35.0 Å². The van der Waals surface area contributed by atoms with Gasteiger partial charge in [-0.3, -0.25) is 0 Å². The van der Waals surface area contributed by atoms with Crippen LogP contribution in [0.2, 0.25) is 0 Å². The highest BCUT2D eigenvalue weighted by atomic mass is 32.2. The average molecular weight is 257 g/mol. The molecule has 3 nitrogen and oxygen atoms in total. The molecule has 0 saturated carbocycles. The Balaban J connectivity index is 2.20. The standard InChI is InChI=1S/C10H16BNO2S2/c1-9(2)10(3,4)14-11(13-9)7-6-12-8(15-5)16-7/h6H,1-5H3. The molecular weight excluding hydrogens is 241 g/mol. The third-order valence-corrected chi connectivity index (χ3v) is 5.18. The van der Waals surface area contributed by atoms with Crippen LogP contribution in [0.15, 0.2) is 10.5 Å².